The highest BCUT2D eigenvalue weighted by Gasteiger charge is 2.18. The molecule has 21 heavy (non-hydrogen) atoms. The maximum Gasteiger partial charge on any atom is 0.332 e. The summed E-state index contributed by atoms with van der Waals surface area (Å²) in [7, 11) is 3.12. The summed E-state index contributed by atoms with van der Waals surface area (Å²) in [6, 6.07) is 0. The van der Waals surface area contributed by atoms with Gasteiger partial charge < -0.3 is 4.98 Å². The third-order valence-corrected chi connectivity index (χ3v) is 4.39. The molecule has 1 saturated heterocycles. The van der Waals surface area contributed by atoms with E-state index in [1.807, 2.05) is 0 Å². The van der Waals surface area contributed by atoms with Gasteiger partial charge in [-0.05, 0) is 31.8 Å². The van der Waals surface area contributed by atoms with Crippen LogP contribution in [-0.2, 0) is 20.6 Å². The quantitative estimate of drug-likeness (QED) is 0.857. The number of rotatable bonds is 2. The molecule has 114 valence electrons. The Morgan fingerprint density at radius 3 is 2.52 bits per heavy atom. The minimum atomic E-state index is -0.350. The molecule has 2 aromatic heterocycles. The summed E-state index contributed by atoms with van der Waals surface area (Å²) < 4.78 is 2.52. The number of likely N-dealkylation sites (tertiary alicyclic amines) is 1. The highest BCUT2D eigenvalue weighted by molar-refractivity contribution is 5.69. The van der Waals surface area contributed by atoms with Crippen molar-refractivity contribution in [2.24, 2.45) is 20.0 Å². The Morgan fingerprint density at radius 2 is 1.86 bits per heavy atom. The Morgan fingerprint density at radius 1 is 1.19 bits per heavy atom. The van der Waals surface area contributed by atoms with Crippen LogP contribution in [0.15, 0.2) is 9.59 Å². The second-order valence-electron chi connectivity index (χ2n) is 6.05. The lowest BCUT2D eigenvalue weighted by Gasteiger charge is -2.29. The van der Waals surface area contributed by atoms with Crippen molar-refractivity contribution in [3.8, 4) is 0 Å². The highest BCUT2D eigenvalue weighted by Crippen LogP contribution is 2.17. The Bertz CT molecular complexity index is 777. The molecule has 1 aliphatic heterocycles. The molecule has 0 aliphatic carbocycles. The molecule has 0 bridgehead atoms. The third-order valence-electron chi connectivity index (χ3n) is 4.39. The van der Waals surface area contributed by atoms with E-state index >= 15 is 0 Å². The Labute approximate surface area is 122 Å². The van der Waals surface area contributed by atoms with E-state index in [4.69, 9.17) is 0 Å². The van der Waals surface area contributed by atoms with Crippen LogP contribution in [0, 0.1) is 5.92 Å². The molecule has 0 radical (unpaired) electrons. The van der Waals surface area contributed by atoms with Crippen LogP contribution >= 0.6 is 0 Å². The van der Waals surface area contributed by atoms with E-state index in [0.717, 1.165) is 29.4 Å². The molecule has 2 aromatic rings. The lowest BCUT2D eigenvalue weighted by Crippen LogP contribution is -2.36. The van der Waals surface area contributed by atoms with Gasteiger partial charge in [-0.2, -0.15) is 0 Å². The molecule has 3 rings (SSSR count). The van der Waals surface area contributed by atoms with Gasteiger partial charge in [0.15, 0.2) is 5.65 Å². The van der Waals surface area contributed by atoms with Crippen molar-refractivity contribution < 1.29 is 0 Å². The summed E-state index contributed by atoms with van der Waals surface area (Å²) in [6.45, 7) is 5.07. The van der Waals surface area contributed by atoms with Crippen LogP contribution in [0.2, 0.25) is 0 Å². The van der Waals surface area contributed by atoms with E-state index in [9.17, 15) is 9.59 Å². The van der Waals surface area contributed by atoms with E-state index in [0.29, 0.717) is 17.7 Å². The smallest absolute Gasteiger partial charge is 0.332 e. The standard InChI is InChI=1S/C14H21N5O2/c1-9-4-6-19(7-5-9)8-10-15-11-12(16-10)17(2)14(21)18(3)13(11)20/h9H,4-8H2,1-3H3,(H,15,16). The van der Waals surface area contributed by atoms with E-state index in [1.165, 1.54) is 24.5 Å². The van der Waals surface area contributed by atoms with Crippen LogP contribution in [0.1, 0.15) is 25.6 Å². The number of aromatic nitrogens is 4. The van der Waals surface area contributed by atoms with E-state index in [1.54, 1.807) is 7.05 Å². The van der Waals surface area contributed by atoms with E-state index < -0.39 is 0 Å². The summed E-state index contributed by atoms with van der Waals surface area (Å²) in [5.74, 6) is 1.53. The minimum absolute atomic E-state index is 0.320. The number of H-pyrrole nitrogens is 1. The van der Waals surface area contributed by atoms with Crippen LogP contribution in [0.25, 0.3) is 11.2 Å². The summed E-state index contributed by atoms with van der Waals surface area (Å²) in [6.07, 6.45) is 2.39. The summed E-state index contributed by atoms with van der Waals surface area (Å²) in [5, 5.41) is 0. The van der Waals surface area contributed by atoms with Gasteiger partial charge in [0, 0.05) is 14.1 Å². The van der Waals surface area contributed by atoms with Gasteiger partial charge in [0.1, 0.15) is 11.3 Å². The number of imidazole rings is 1. The molecular formula is C14H21N5O2. The zero-order chi connectivity index (χ0) is 15.1. The fourth-order valence-electron chi connectivity index (χ4n) is 2.88. The van der Waals surface area contributed by atoms with Crippen molar-refractivity contribution in [3.05, 3.63) is 26.7 Å². The first-order valence-electron chi connectivity index (χ1n) is 7.34. The average Bonchev–Trinajstić information content (AvgIpc) is 2.89. The van der Waals surface area contributed by atoms with Gasteiger partial charge in [0.05, 0.1) is 6.54 Å². The third kappa shape index (κ3) is 2.42. The molecule has 0 aromatic carbocycles. The predicted molar refractivity (Wildman–Crippen MR) is 80.3 cm³/mol. The molecule has 3 heterocycles. The minimum Gasteiger partial charge on any atom is -0.335 e. The van der Waals surface area contributed by atoms with Gasteiger partial charge in [-0.1, -0.05) is 6.92 Å². The van der Waals surface area contributed by atoms with Crippen LogP contribution in [0.5, 0.6) is 0 Å². The number of piperidine rings is 1. The fraction of sp³-hybridized carbons (Fsp3) is 0.643. The molecular weight excluding hydrogens is 270 g/mol. The summed E-state index contributed by atoms with van der Waals surface area (Å²) in [5.41, 5.74) is 0.167. The topological polar surface area (TPSA) is 75.9 Å². The Hall–Kier alpha value is -1.89. The molecule has 1 fully saturated rings. The number of aryl methyl sites for hydroxylation is 1. The van der Waals surface area contributed by atoms with Gasteiger partial charge in [-0.15, -0.1) is 0 Å². The predicted octanol–water partition coefficient (Wildman–Crippen LogP) is 0.192. The van der Waals surface area contributed by atoms with Crippen molar-refractivity contribution in [1.82, 2.24) is 24.0 Å². The molecule has 0 spiro atoms. The van der Waals surface area contributed by atoms with Gasteiger partial charge in [-0.3, -0.25) is 18.8 Å². The SMILES string of the molecule is CC1CCN(Cc2nc3c([nH]2)c(=O)n(C)c(=O)n3C)CC1. The number of nitrogens with one attached hydrogen (secondary N) is 1. The molecule has 1 aliphatic rings. The molecule has 0 unspecified atom stereocenters. The van der Waals surface area contributed by atoms with Gasteiger partial charge in [0.25, 0.3) is 5.56 Å². The fourth-order valence-corrected chi connectivity index (χ4v) is 2.88. The number of hydrogen-bond acceptors (Lipinski definition) is 4. The summed E-state index contributed by atoms with van der Waals surface area (Å²) >= 11 is 0. The Balaban J connectivity index is 1.95. The van der Waals surface area contributed by atoms with E-state index in [-0.39, 0.29) is 11.2 Å². The molecule has 0 saturated carbocycles. The zero-order valence-corrected chi connectivity index (χ0v) is 12.7. The maximum atomic E-state index is 12.1. The van der Waals surface area contributed by atoms with E-state index in [2.05, 4.69) is 21.8 Å². The lowest BCUT2D eigenvalue weighted by molar-refractivity contribution is 0.182. The van der Waals surface area contributed by atoms with Crippen LogP contribution in [0.3, 0.4) is 0 Å². The van der Waals surface area contributed by atoms with Crippen LogP contribution in [0.4, 0.5) is 0 Å². The summed E-state index contributed by atoms with van der Waals surface area (Å²) in [4.78, 5) is 33.9. The monoisotopic (exact) mass is 291 g/mol. The number of nitrogens with zero attached hydrogens (tertiary/aromatic N) is 4. The van der Waals surface area contributed by atoms with Crippen molar-refractivity contribution in [2.45, 2.75) is 26.3 Å². The second-order valence-corrected chi connectivity index (χ2v) is 6.05. The largest absolute Gasteiger partial charge is 0.335 e. The molecule has 7 nitrogen and oxygen atoms in total. The van der Waals surface area contributed by atoms with Crippen molar-refractivity contribution in [2.75, 3.05) is 13.1 Å². The number of fused-ring (bicyclic) bond motifs is 1. The lowest BCUT2D eigenvalue weighted by atomic mass is 9.99. The zero-order valence-electron chi connectivity index (χ0n) is 12.7. The molecule has 0 amide bonds. The molecule has 7 heteroatoms. The molecule has 0 atom stereocenters. The first-order valence-corrected chi connectivity index (χ1v) is 7.34. The number of hydrogen-bond donors (Lipinski definition) is 1. The average molecular weight is 291 g/mol. The number of aromatic amines is 1. The van der Waals surface area contributed by atoms with Crippen molar-refractivity contribution in [1.29, 1.82) is 0 Å². The normalized spacial score (nSPS) is 17.7. The first kappa shape index (κ1) is 14.1. The Kier molecular flexibility index (Phi) is 3.44. The maximum absolute atomic E-state index is 12.1. The van der Waals surface area contributed by atoms with Gasteiger partial charge >= 0.3 is 5.69 Å². The van der Waals surface area contributed by atoms with Gasteiger partial charge in [0.2, 0.25) is 0 Å². The van der Waals surface area contributed by atoms with Crippen molar-refractivity contribution in [3.63, 3.8) is 0 Å². The first-order chi connectivity index (χ1) is 9.97. The second kappa shape index (κ2) is 5.14. The van der Waals surface area contributed by atoms with Crippen LogP contribution in [-0.4, -0.2) is 37.1 Å². The highest BCUT2D eigenvalue weighted by atomic mass is 16.2. The van der Waals surface area contributed by atoms with Crippen molar-refractivity contribution >= 4 is 11.2 Å². The molecule has 1 N–H and O–H groups in total. The van der Waals surface area contributed by atoms with Gasteiger partial charge in [-0.25, -0.2) is 9.78 Å². The van der Waals surface area contributed by atoms with Crippen LogP contribution < -0.4 is 11.2 Å².